The summed E-state index contributed by atoms with van der Waals surface area (Å²) in [4.78, 5) is 0. The molecule has 1 heteroatoms. The van der Waals surface area contributed by atoms with Gasteiger partial charge >= 0.3 is 0 Å². The number of para-hydroxylation sites is 1. The van der Waals surface area contributed by atoms with E-state index in [2.05, 4.69) is 38.1 Å². The summed E-state index contributed by atoms with van der Waals surface area (Å²) < 4.78 is 0. The molecule has 1 nitrogen and oxygen atoms in total. The highest BCUT2D eigenvalue weighted by molar-refractivity contribution is 5.37. The summed E-state index contributed by atoms with van der Waals surface area (Å²) >= 11 is 0. The second-order valence-electron chi connectivity index (χ2n) is 4.70. The van der Waals surface area contributed by atoms with E-state index in [1.54, 1.807) is 6.07 Å². The van der Waals surface area contributed by atoms with Gasteiger partial charge < -0.3 is 5.11 Å². The first-order chi connectivity index (χ1) is 8.16. The van der Waals surface area contributed by atoms with E-state index >= 15 is 0 Å². The molecule has 2 aromatic rings. The number of hydrogen-bond acceptors (Lipinski definition) is 1. The minimum absolute atomic E-state index is 0.375. The molecule has 0 aliphatic heterocycles. The summed E-state index contributed by atoms with van der Waals surface area (Å²) in [6.07, 6.45) is 0.783. The van der Waals surface area contributed by atoms with Gasteiger partial charge in [-0.3, -0.25) is 0 Å². The summed E-state index contributed by atoms with van der Waals surface area (Å²) in [6.45, 7) is 4.38. The van der Waals surface area contributed by atoms with Crippen LogP contribution in [0.4, 0.5) is 0 Å². The first-order valence-corrected chi connectivity index (χ1v) is 6.02. The molecule has 0 aliphatic carbocycles. The zero-order chi connectivity index (χ0) is 12.3. The minimum Gasteiger partial charge on any atom is -0.508 e. The van der Waals surface area contributed by atoms with Crippen molar-refractivity contribution >= 4 is 0 Å². The van der Waals surface area contributed by atoms with Crippen molar-refractivity contribution in [3.05, 3.63) is 65.2 Å². The van der Waals surface area contributed by atoms with Gasteiger partial charge in [-0.05, 0) is 28.7 Å². The van der Waals surface area contributed by atoms with Crippen molar-refractivity contribution in [1.29, 1.82) is 0 Å². The summed E-state index contributed by atoms with van der Waals surface area (Å²) in [6, 6.07) is 16.1. The minimum atomic E-state index is 0.375. The zero-order valence-corrected chi connectivity index (χ0v) is 10.4. The van der Waals surface area contributed by atoms with E-state index < -0.39 is 0 Å². The maximum absolute atomic E-state index is 9.71. The molecule has 0 heterocycles. The van der Waals surface area contributed by atoms with E-state index in [0.29, 0.717) is 11.7 Å². The predicted octanol–water partition coefficient (Wildman–Crippen LogP) is 4.11. The van der Waals surface area contributed by atoms with Gasteiger partial charge in [0.05, 0.1) is 0 Å². The van der Waals surface area contributed by atoms with Crippen molar-refractivity contribution in [2.24, 2.45) is 0 Å². The van der Waals surface area contributed by atoms with Crippen LogP contribution < -0.4 is 0 Å². The lowest BCUT2D eigenvalue weighted by Gasteiger charge is -2.08. The average molecular weight is 226 g/mol. The Morgan fingerprint density at radius 3 is 2.18 bits per heavy atom. The van der Waals surface area contributed by atoms with Gasteiger partial charge in [-0.25, -0.2) is 0 Å². The fourth-order valence-electron chi connectivity index (χ4n) is 1.90. The van der Waals surface area contributed by atoms with E-state index in [1.807, 2.05) is 18.2 Å². The second kappa shape index (κ2) is 5.05. The molecule has 0 radical (unpaired) electrons. The highest BCUT2D eigenvalue weighted by Crippen LogP contribution is 2.21. The molecule has 0 atom stereocenters. The number of phenols is 1. The first kappa shape index (κ1) is 11.7. The van der Waals surface area contributed by atoms with Gasteiger partial charge in [0.25, 0.3) is 0 Å². The van der Waals surface area contributed by atoms with Crippen LogP contribution in [0.15, 0.2) is 48.5 Å². The molecule has 0 saturated heterocycles. The maximum atomic E-state index is 9.71. The summed E-state index contributed by atoms with van der Waals surface area (Å²) in [7, 11) is 0. The molecule has 0 fully saturated rings. The largest absolute Gasteiger partial charge is 0.508 e. The summed E-state index contributed by atoms with van der Waals surface area (Å²) in [5.41, 5.74) is 3.56. The monoisotopic (exact) mass is 226 g/mol. The molecule has 0 amide bonds. The number of benzene rings is 2. The Kier molecular flexibility index (Phi) is 3.48. The molecule has 0 aliphatic rings. The van der Waals surface area contributed by atoms with Crippen molar-refractivity contribution in [1.82, 2.24) is 0 Å². The van der Waals surface area contributed by atoms with Crippen LogP contribution in [-0.2, 0) is 6.42 Å². The Morgan fingerprint density at radius 1 is 0.941 bits per heavy atom. The second-order valence-corrected chi connectivity index (χ2v) is 4.70. The van der Waals surface area contributed by atoms with Crippen LogP contribution in [0, 0.1) is 0 Å². The van der Waals surface area contributed by atoms with E-state index in [-0.39, 0.29) is 0 Å². The molecular formula is C16H18O. The molecule has 0 unspecified atom stereocenters. The van der Waals surface area contributed by atoms with Gasteiger partial charge in [-0.2, -0.15) is 0 Å². The van der Waals surface area contributed by atoms with E-state index in [9.17, 15) is 5.11 Å². The smallest absolute Gasteiger partial charge is 0.119 e. The maximum Gasteiger partial charge on any atom is 0.119 e. The van der Waals surface area contributed by atoms with Crippen LogP contribution in [0.1, 0.15) is 36.5 Å². The van der Waals surface area contributed by atoms with Gasteiger partial charge in [0.15, 0.2) is 0 Å². The molecule has 2 rings (SSSR count). The zero-order valence-electron chi connectivity index (χ0n) is 10.4. The Labute approximate surface area is 103 Å². The van der Waals surface area contributed by atoms with Gasteiger partial charge in [0.2, 0.25) is 0 Å². The highest BCUT2D eigenvalue weighted by Gasteiger charge is 2.02. The fourth-order valence-corrected chi connectivity index (χ4v) is 1.90. The molecule has 0 aromatic heterocycles. The third-order valence-electron chi connectivity index (χ3n) is 3.03. The van der Waals surface area contributed by atoms with Crippen molar-refractivity contribution in [3.63, 3.8) is 0 Å². The van der Waals surface area contributed by atoms with Gasteiger partial charge in [0.1, 0.15) is 5.75 Å². The van der Waals surface area contributed by atoms with Crippen molar-refractivity contribution in [2.75, 3.05) is 0 Å². The standard InChI is InChI=1S/C16H18O/c1-12(2)14-9-7-13(8-10-14)11-15-5-3-4-6-16(15)17/h3-10,12,17H,11H2,1-2H3. The Balaban J connectivity index is 2.17. The normalized spacial score (nSPS) is 10.8. The summed E-state index contributed by atoms with van der Waals surface area (Å²) in [5.74, 6) is 0.939. The van der Waals surface area contributed by atoms with Gasteiger partial charge in [0, 0.05) is 6.42 Å². The van der Waals surface area contributed by atoms with Crippen LogP contribution in [0.2, 0.25) is 0 Å². The molecule has 1 N–H and O–H groups in total. The van der Waals surface area contributed by atoms with E-state index in [1.165, 1.54) is 11.1 Å². The van der Waals surface area contributed by atoms with Crippen molar-refractivity contribution < 1.29 is 5.11 Å². The van der Waals surface area contributed by atoms with Crippen LogP contribution in [0.5, 0.6) is 5.75 Å². The van der Waals surface area contributed by atoms with Crippen molar-refractivity contribution in [3.8, 4) is 5.75 Å². The SMILES string of the molecule is CC(C)c1ccc(Cc2ccccc2O)cc1. The quantitative estimate of drug-likeness (QED) is 0.835. The van der Waals surface area contributed by atoms with Crippen molar-refractivity contribution in [2.45, 2.75) is 26.2 Å². The summed E-state index contributed by atoms with van der Waals surface area (Å²) in [5, 5.41) is 9.71. The lowest BCUT2D eigenvalue weighted by atomic mass is 9.98. The Hall–Kier alpha value is -1.76. The topological polar surface area (TPSA) is 20.2 Å². The van der Waals surface area contributed by atoms with Gasteiger partial charge in [-0.15, -0.1) is 0 Å². The molecule has 0 saturated carbocycles. The Bertz CT molecular complexity index is 483. The molecule has 17 heavy (non-hydrogen) atoms. The molecule has 0 bridgehead atoms. The van der Waals surface area contributed by atoms with Crippen LogP contribution in [0.3, 0.4) is 0 Å². The third kappa shape index (κ3) is 2.88. The Morgan fingerprint density at radius 2 is 1.59 bits per heavy atom. The number of rotatable bonds is 3. The first-order valence-electron chi connectivity index (χ1n) is 6.02. The number of phenolic OH excluding ortho intramolecular Hbond substituents is 1. The molecule has 0 spiro atoms. The average Bonchev–Trinajstić information content (AvgIpc) is 2.33. The van der Waals surface area contributed by atoms with E-state index in [0.717, 1.165) is 12.0 Å². The fraction of sp³-hybridized carbons (Fsp3) is 0.250. The lowest BCUT2D eigenvalue weighted by molar-refractivity contribution is 0.469. The number of hydrogen-bond donors (Lipinski definition) is 1. The van der Waals surface area contributed by atoms with Gasteiger partial charge in [-0.1, -0.05) is 56.3 Å². The molecular weight excluding hydrogens is 208 g/mol. The third-order valence-corrected chi connectivity index (χ3v) is 3.03. The lowest BCUT2D eigenvalue weighted by Crippen LogP contribution is -1.91. The van der Waals surface area contributed by atoms with Crippen LogP contribution >= 0.6 is 0 Å². The van der Waals surface area contributed by atoms with Crippen LogP contribution in [0.25, 0.3) is 0 Å². The molecule has 88 valence electrons. The van der Waals surface area contributed by atoms with Crippen LogP contribution in [-0.4, -0.2) is 5.11 Å². The highest BCUT2D eigenvalue weighted by atomic mass is 16.3. The number of aromatic hydroxyl groups is 1. The van der Waals surface area contributed by atoms with E-state index in [4.69, 9.17) is 0 Å². The predicted molar refractivity (Wildman–Crippen MR) is 71.4 cm³/mol. The molecule has 2 aromatic carbocycles.